The van der Waals surface area contributed by atoms with Gasteiger partial charge >= 0.3 is 0 Å². The Kier molecular flexibility index (Phi) is 4.47. The van der Waals surface area contributed by atoms with E-state index in [0.717, 1.165) is 36.2 Å². The number of piperidine rings is 1. The van der Waals surface area contributed by atoms with Crippen LogP contribution in [0, 0.1) is 18.6 Å². The molecule has 1 atom stereocenters. The number of rotatable bonds is 3. The zero-order chi connectivity index (χ0) is 19.0. The molecular formula is C19H18F2N4O2. The number of likely N-dealkylation sites (tertiary alicyclic amines) is 1. The van der Waals surface area contributed by atoms with Crippen molar-refractivity contribution in [3.8, 4) is 11.5 Å². The monoisotopic (exact) mass is 372 g/mol. The van der Waals surface area contributed by atoms with E-state index in [-0.39, 0.29) is 17.4 Å². The number of halogens is 2. The lowest BCUT2D eigenvalue weighted by atomic mass is 9.97. The van der Waals surface area contributed by atoms with Crippen molar-refractivity contribution < 1.29 is 18.1 Å². The third-order valence-electron chi connectivity index (χ3n) is 4.73. The predicted octanol–water partition coefficient (Wildman–Crippen LogP) is 3.67. The second-order valence-corrected chi connectivity index (χ2v) is 6.77. The highest BCUT2D eigenvalue weighted by atomic mass is 19.2. The number of amides is 1. The molecule has 1 fully saturated rings. The van der Waals surface area contributed by atoms with Crippen LogP contribution in [-0.4, -0.2) is 39.0 Å². The first-order chi connectivity index (χ1) is 13.0. The molecule has 1 aromatic carbocycles. The van der Waals surface area contributed by atoms with Crippen LogP contribution < -0.4 is 0 Å². The van der Waals surface area contributed by atoms with Crippen molar-refractivity contribution >= 4 is 5.91 Å². The van der Waals surface area contributed by atoms with Crippen LogP contribution in [0.3, 0.4) is 0 Å². The van der Waals surface area contributed by atoms with Crippen LogP contribution in [0.1, 0.15) is 40.6 Å². The summed E-state index contributed by atoms with van der Waals surface area (Å²) in [7, 11) is 0. The molecule has 1 amide bonds. The average Bonchev–Trinajstić information content (AvgIpc) is 3.32. The standard InChI is InChI=1S/C19H18F2N4O2/c1-11-7-16(22-9-11)17-23-18(27-24-17)13-3-2-6-25(10-13)19(26)12-4-5-14(20)15(21)8-12/h4-5,7-9,13,22H,2-3,6,10H2,1H3. The Hall–Kier alpha value is -3.03. The van der Waals surface area contributed by atoms with Crippen molar-refractivity contribution in [2.24, 2.45) is 0 Å². The van der Waals surface area contributed by atoms with E-state index in [0.29, 0.717) is 24.8 Å². The highest BCUT2D eigenvalue weighted by Gasteiger charge is 2.29. The second kappa shape index (κ2) is 6.94. The van der Waals surface area contributed by atoms with Gasteiger partial charge in [0.25, 0.3) is 5.91 Å². The van der Waals surface area contributed by atoms with Gasteiger partial charge in [0.05, 0.1) is 11.6 Å². The number of hydrogen-bond acceptors (Lipinski definition) is 4. The normalized spacial score (nSPS) is 17.3. The molecule has 8 heteroatoms. The Morgan fingerprint density at radius 2 is 2.15 bits per heavy atom. The van der Waals surface area contributed by atoms with Gasteiger partial charge in [-0.25, -0.2) is 8.78 Å². The first-order valence-electron chi connectivity index (χ1n) is 8.74. The molecule has 3 heterocycles. The van der Waals surface area contributed by atoms with E-state index >= 15 is 0 Å². The van der Waals surface area contributed by atoms with Gasteiger partial charge in [-0.2, -0.15) is 4.98 Å². The van der Waals surface area contributed by atoms with Gasteiger partial charge in [0.2, 0.25) is 11.7 Å². The molecule has 1 saturated heterocycles. The third kappa shape index (κ3) is 3.47. The van der Waals surface area contributed by atoms with Gasteiger partial charge in [-0.15, -0.1) is 0 Å². The molecule has 0 aliphatic carbocycles. The molecular weight excluding hydrogens is 354 g/mol. The summed E-state index contributed by atoms with van der Waals surface area (Å²) in [6.45, 7) is 2.90. The summed E-state index contributed by atoms with van der Waals surface area (Å²) in [6.07, 6.45) is 3.43. The fourth-order valence-corrected chi connectivity index (χ4v) is 3.32. The summed E-state index contributed by atoms with van der Waals surface area (Å²) in [5.74, 6) is -1.48. The molecule has 3 aromatic rings. The first-order valence-corrected chi connectivity index (χ1v) is 8.74. The van der Waals surface area contributed by atoms with E-state index < -0.39 is 11.6 Å². The molecule has 0 saturated carbocycles. The van der Waals surface area contributed by atoms with E-state index in [1.807, 2.05) is 19.2 Å². The number of nitrogens with zero attached hydrogens (tertiary/aromatic N) is 3. The number of nitrogens with one attached hydrogen (secondary N) is 1. The van der Waals surface area contributed by atoms with Crippen molar-refractivity contribution in [2.75, 3.05) is 13.1 Å². The highest BCUT2D eigenvalue weighted by Crippen LogP contribution is 2.28. The summed E-state index contributed by atoms with van der Waals surface area (Å²) in [6, 6.07) is 5.11. The van der Waals surface area contributed by atoms with Gasteiger partial charge in [0.15, 0.2) is 11.6 Å². The molecule has 1 aliphatic rings. The van der Waals surface area contributed by atoms with Crippen LogP contribution in [0.15, 0.2) is 35.0 Å². The molecule has 1 unspecified atom stereocenters. The van der Waals surface area contributed by atoms with Crippen molar-refractivity contribution in [2.45, 2.75) is 25.7 Å². The zero-order valence-corrected chi connectivity index (χ0v) is 14.7. The maximum atomic E-state index is 13.4. The minimum absolute atomic E-state index is 0.0923. The van der Waals surface area contributed by atoms with Crippen LogP contribution in [0.4, 0.5) is 8.78 Å². The van der Waals surface area contributed by atoms with Gasteiger partial charge in [0, 0.05) is 24.8 Å². The fourth-order valence-electron chi connectivity index (χ4n) is 3.32. The Bertz CT molecular complexity index is 982. The van der Waals surface area contributed by atoms with Crippen LogP contribution in [0.25, 0.3) is 11.5 Å². The lowest BCUT2D eigenvalue weighted by Gasteiger charge is -2.31. The molecule has 27 heavy (non-hydrogen) atoms. The Balaban J connectivity index is 1.50. The zero-order valence-electron chi connectivity index (χ0n) is 14.7. The lowest BCUT2D eigenvalue weighted by Crippen LogP contribution is -2.39. The number of aryl methyl sites for hydroxylation is 1. The number of hydrogen-bond donors (Lipinski definition) is 1. The van der Waals surface area contributed by atoms with Crippen LogP contribution in [0.2, 0.25) is 0 Å². The maximum absolute atomic E-state index is 13.4. The molecule has 0 bridgehead atoms. The van der Waals surface area contributed by atoms with Gasteiger partial charge < -0.3 is 14.4 Å². The van der Waals surface area contributed by atoms with Crippen LogP contribution in [-0.2, 0) is 0 Å². The summed E-state index contributed by atoms with van der Waals surface area (Å²) in [4.78, 5) is 21.8. The molecule has 140 valence electrons. The molecule has 0 spiro atoms. The summed E-state index contributed by atoms with van der Waals surface area (Å²) in [5.41, 5.74) is 1.97. The van der Waals surface area contributed by atoms with E-state index in [9.17, 15) is 13.6 Å². The molecule has 1 aliphatic heterocycles. The van der Waals surface area contributed by atoms with Crippen molar-refractivity contribution in [1.82, 2.24) is 20.0 Å². The minimum atomic E-state index is -1.03. The van der Waals surface area contributed by atoms with Crippen molar-refractivity contribution in [3.05, 3.63) is 59.1 Å². The summed E-state index contributed by atoms with van der Waals surface area (Å²) < 4.78 is 31.9. The number of aromatic amines is 1. The highest BCUT2D eigenvalue weighted by molar-refractivity contribution is 5.94. The first kappa shape index (κ1) is 17.4. The third-order valence-corrected chi connectivity index (χ3v) is 4.73. The molecule has 6 nitrogen and oxygen atoms in total. The van der Waals surface area contributed by atoms with Crippen molar-refractivity contribution in [3.63, 3.8) is 0 Å². The van der Waals surface area contributed by atoms with Gasteiger partial charge in [0.1, 0.15) is 0 Å². The predicted molar refractivity (Wildman–Crippen MR) is 93.1 cm³/mol. The number of carbonyl (C=O) groups excluding carboxylic acids is 1. The van der Waals surface area contributed by atoms with Crippen LogP contribution >= 0.6 is 0 Å². The molecule has 2 aromatic heterocycles. The Morgan fingerprint density at radius 1 is 1.30 bits per heavy atom. The number of benzene rings is 1. The molecule has 0 radical (unpaired) electrons. The quantitative estimate of drug-likeness (QED) is 0.761. The summed E-state index contributed by atoms with van der Waals surface area (Å²) in [5, 5.41) is 4.01. The Labute approximate surface area is 154 Å². The Morgan fingerprint density at radius 3 is 2.89 bits per heavy atom. The number of aromatic nitrogens is 3. The molecule has 4 rings (SSSR count). The fraction of sp³-hybridized carbons (Fsp3) is 0.316. The lowest BCUT2D eigenvalue weighted by molar-refractivity contribution is 0.0695. The smallest absolute Gasteiger partial charge is 0.253 e. The van der Waals surface area contributed by atoms with Gasteiger partial charge in [-0.05, 0) is 49.6 Å². The topological polar surface area (TPSA) is 75.0 Å². The molecule has 1 N–H and O–H groups in total. The number of carbonyl (C=O) groups is 1. The largest absolute Gasteiger partial charge is 0.358 e. The summed E-state index contributed by atoms with van der Waals surface area (Å²) >= 11 is 0. The van der Waals surface area contributed by atoms with E-state index in [1.54, 1.807) is 4.90 Å². The number of H-pyrrole nitrogens is 1. The van der Waals surface area contributed by atoms with E-state index in [4.69, 9.17) is 4.52 Å². The SMILES string of the molecule is Cc1c[nH]c(-c2noc(C3CCCN(C(=O)c4ccc(F)c(F)c4)C3)n2)c1. The van der Waals surface area contributed by atoms with E-state index in [1.165, 1.54) is 6.07 Å². The maximum Gasteiger partial charge on any atom is 0.253 e. The second-order valence-electron chi connectivity index (χ2n) is 6.77. The van der Waals surface area contributed by atoms with Gasteiger partial charge in [-0.3, -0.25) is 4.79 Å². The van der Waals surface area contributed by atoms with Crippen LogP contribution in [0.5, 0.6) is 0 Å². The van der Waals surface area contributed by atoms with E-state index in [2.05, 4.69) is 15.1 Å². The average molecular weight is 372 g/mol. The van der Waals surface area contributed by atoms with Crippen molar-refractivity contribution in [1.29, 1.82) is 0 Å². The van der Waals surface area contributed by atoms with Gasteiger partial charge in [-0.1, -0.05) is 5.16 Å². The minimum Gasteiger partial charge on any atom is -0.358 e.